The van der Waals surface area contributed by atoms with Crippen LogP contribution in [0.3, 0.4) is 0 Å². The fourth-order valence-corrected chi connectivity index (χ4v) is 3.01. The van der Waals surface area contributed by atoms with Gasteiger partial charge in [-0.15, -0.1) is 10.2 Å². The Morgan fingerprint density at radius 1 is 1.48 bits per heavy atom. The first-order chi connectivity index (χ1) is 10.9. The molecular weight excluding hydrogens is 314 g/mol. The summed E-state index contributed by atoms with van der Waals surface area (Å²) in [6.45, 7) is 6.32. The van der Waals surface area contributed by atoms with Gasteiger partial charge < -0.3 is 14.8 Å². The van der Waals surface area contributed by atoms with Crippen LogP contribution < -0.4 is 5.32 Å². The number of amides is 1. The van der Waals surface area contributed by atoms with Crippen molar-refractivity contribution < 1.29 is 14.3 Å². The molecule has 0 aliphatic heterocycles. The lowest BCUT2D eigenvalue weighted by molar-refractivity contribution is -0.121. The zero-order valence-corrected chi connectivity index (χ0v) is 14.5. The van der Waals surface area contributed by atoms with E-state index >= 15 is 0 Å². The normalized spacial score (nSPS) is 13.0. The zero-order chi connectivity index (χ0) is 16.9. The van der Waals surface area contributed by atoms with Gasteiger partial charge in [0.25, 0.3) is 0 Å². The highest BCUT2D eigenvalue weighted by atomic mass is 32.1. The molecule has 1 amide bonds. The second-order valence-electron chi connectivity index (χ2n) is 6.51. The van der Waals surface area contributed by atoms with Crippen LogP contribution in [0, 0.1) is 5.41 Å². The molecule has 6 nitrogen and oxygen atoms in total. The summed E-state index contributed by atoms with van der Waals surface area (Å²) in [7, 11) is 0. The highest BCUT2D eigenvalue weighted by Gasteiger charge is 2.21. The molecular formula is C16H23N3O3S. The van der Waals surface area contributed by atoms with E-state index in [1.807, 2.05) is 30.7 Å². The van der Waals surface area contributed by atoms with Crippen LogP contribution in [-0.2, 0) is 11.2 Å². The number of hydrogen-bond acceptors (Lipinski definition) is 6. The number of carbonyl (C=O) groups excluding carboxylic acids is 1. The van der Waals surface area contributed by atoms with Crippen molar-refractivity contribution in [2.24, 2.45) is 5.41 Å². The SMILES string of the molecule is CC(O)CC(C)(C)CNC(=O)CCc1nnc(-c2ccsc2)o1. The first kappa shape index (κ1) is 17.6. The van der Waals surface area contributed by atoms with E-state index in [0.29, 0.717) is 37.6 Å². The lowest BCUT2D eigenvalue weighted by Crippen LogP contribution is -2.35. The average Bonchev–Trinajstić information content (AvgIpc) is 3.12. The number of nitrogens with zero attached hydrogens (tertiary/aromatic N) is 2. The van der Waals surface area contributed by atoms with Crippen molar-refractivity contribution >= 4 is 17.2 Å². The van der Waals surface area contributed by atoms with Gasteiger partial charge >= 0.3 is 0 Å². The maximum Gasteiger partial charge on any atom is 0.248 e. The Morgan fingerprint density at radius 2 is 2.26 bits per heavy atom. The van der Waals surface area contributed by atoms with Crippen molar-refractivity contribution in [2.75, 3.05) is 6.54 Å². The van der Waals surface area contributed by atoms with Crippen LogP contribution in [0.1, 0.15) is 39.5 Å². The van der Waals surface area contributed by atoms with Gasteiger partial charge in [0.2, 0.25) is 17.7 Å². The van der Waals surface area contributed by atoms with Gasteiger partial charge in [-0.3, -0.25) is 4.79 Å². The molecule has 0 fully saturated rings. The molecule has 2 aromatic rings. The van der Waals surface area contributed by atoms with Crippen molar-refractivity contribution in [2.45, 2.75) is 46.1 Å². The number of thiophene rings is 1. The fourth-order valence-electron chi connectivity index (χ4n) is 2.38. The summed E-state index contributed by atoms with van der Waals surface area (Å²) < 4.78 is 5.55. The average molecular weight is 337 g/mol. The molecule has 0 saturated heterocycles. The van der Waals surface area contributed by atoms with Gasteiger partial charge in [0.15, 0.2) is 0 Å². The molecule has 0 aliphatic carbocycles. The molecule has 2 rings (SSSR count). The van der Waals surface area contributed by atoms with E-state index in [4.69, 9.17) is 4.42 Å². The standard InChI is InChI=1S/C16H23N3O3S/c1-11(20)8-16(2,3)10-17-13(21)4-5-14-18-19-15(22-14)12-6-7-23-9-12/h6-7,9,11,20H,4-5,8,10H2,1-3H3,(H,17,21). The van der Waals surface area contributed by atoms with E-state index in [2.05, 4.69) is 15.5 Å². The number of rotatable bonds is 8. The Labute approximate surface area is 139 Å². The van der Waals surface area contributed by atoms with E-state index in [-0.39, 0.29) is 17.4 Å². The number of aliphatic hydroxyl groups excluding tert-OH is 1. The summed E-state index contributed by atoms with van der Waals surface area (Å²) in [4.78, 5) is 11.9. The zero-order valence-electron chi connectivity index (χ0n) is 13.7. The molecule has 126 valence electrons. The molecule has 2 aromatic heterocycles. The van der Waals surface area contributed by atoms with Crippen LogP contribution in [0.15, 0.2) is 21.2 Å². The quantitative estimate of drug-likeness (QED) is 0.773. The molecule has 2 heterocycles. The predicted molar refractivity (Wildman–Crippen MR) is 89.0 cm³/mol. The molecule has 1 unspecified atom stereocenters. The molecule has 0 aliphatic rings. The summed E-state index contributed by atoms with van der Waals surface area (Å²) in [5.41, 5.74) is 0.763. The highest BCUT2D eigenvalue weighted by Crippen LogP contribution is 2.22. The van der Waals surface area contributed by atoms with Crippen LogP contribution in [0.2, 0.25) is 0 Å². The number of nitrogens with one attached hydrogen (secondary N) is 1. The van der Waals surface area contributed by atoms with E-state index in [1.54, 1.807) is 18.3 Å². The van der Waals surface area contributed by atoms with Gasteiger partial charge in [0.1, 0.15) is 0 Å². The Hall–Kier alpha value is -1.73. The van der Waals surface area contributed by atoms with Crippen molar-refractivity contribution in [3.05, 3.63) is 22.7 Å². The minimum atomic E-state index is -0.379. The molecule has 0 bridgehead atoms. The van der Waals surface area contributed by atoms with Crippen molar-refractivity contribution in [1.82, 2.24) is 15.5 Å². The molecule has 7 heteroatoms. The summed E-state index contributed by atoms with van der Waals surface area (Å²) in [5.74, 6) is 0.892. The Balaban J connectivity index is 1.76. The van der Waals surface area contributed by atoms with E-state index < -0.39 is 0 Å². The Kier molecular flexibility index (Phi) is 5.90. The number of aryl methyl sites for hydroxylation is 1. The molecule has 23 heavy (non-hydrogen) atoms. The fraction of sp³-hybridized carbons (Fsp3) is 0.562. The third kappa shape index (κ3) is 5.76. The second kappa shape index (κ2) is 7.70. The van der Waals surface area contributed by atoms with E-state index in [0.717, 1.165) is 5.56 Å². The van der Waals surface area contributed by atoms with Gasteiger partial charge in [-0.05, 0) is 30.2 Å². The monoisotopic (exact) mass is 337 g/mol. The Bertz CT molecular complexity index is 620. The van der Waals surface area contributed by atoms with Gasteiger partial charge in [0, 0.05) is 30.3 Å². The van der Waals surface area contributed by atoms with Crippen LogP contribution in [0.25, 0.3) is 11.5 Å². The minimum Gasteiger partial charge on any atom is -0.421 e. The van der Waals surface area contributed by atoms with Crippen LogP contribution in [0.4, 0.5) is 0 Å². The highest BCUT2D eigenvalue weighted by molar-refractivity contribution is 7.08. The first-order valence-electron chi connectivity index (χ1n) is 7.65. The van der Waals surface area contributed by atoms with Crippen molar-refractivity contribution in [3.8, 4) is 11.5 Å². The summed E-state index contributed by atoms with van der Waals surface area (Å²) in [6.07, 6.45) is 0.979. The van der Waals surface area contributed by atoms with Crippen molar-refractivity contribution in [1.29, 1.82) is 0 Å². The van der Waals surface area contributed by atoms with E-state index in [9.17, 15) is 9.90 Å². The smallest absolute Gasteiger partial charge is 0.248 e. The lowest BCUT2D eigenvalue weighted by atomic mass is 9.87. The molecule has 1 atom stereocenters. The lowest BCUT2D eigenvalue weighted by Gasteiger charge is -2.26. The molecule has 0 radical (unpaired) electrons. The molecule has 2 N–H and O–H groups in total. The second-order valence-corrected chi connectivity index (χ2v) is 7.29. The van der Waals surface area contributed by atoms with Gasteiger partial charge in [-0.25, -0.2) is 0 Å². The van der Waals surface area contributed by atoms with Crippen LogP contribution in [-0.4, -0.2) is 33.9 Å². The predicted octanol–water partition coefficient (Wildman–Crippen LogP) is 2.64. The summed E-state index contributed by atoms with van der Waals surface area (Å²) in [6, 6.07) is 1.92. The summed E-state index contributed by atoms with van der Waals surface area (Å²) >= 11 is 1.57. The number of aliphatic hydroxyl groups is 1. The van der Waals surface area contributed by atoms with Gasteiger partial charge in [0.05, 0.1) is 6.10 Å². The molecule has 0 aromatic carbocycles. The Morgan fingerprint density at radius 3 is 2.91 bits per heavy atom. The largest absolute Gasteiger partial charge is 0.421 e. The topological polar surface area (TPSA) is 88.2 Å². The summed E-state index contributed by atoms with van der Waals surface area (Å²) in [5, 5.41) is 24.2. The third-order valence-corrected chi connectivity index (χ3v) is 4.10. The van der Waals surface area contributed by atoms with Crippen LogP contribution in [0.5, 0.6) is 0 Å². The number of aromatic nitrogens is 2. The van der Waals surface area contributed by atoms with Gasteiger partial charge in [-0.1, -0.05) is 13.8 Å². The van der Waals surface area contributed by atoms with Crippen LogP contribution >= 0.6 is 11.3 Å². The first-order valence-corrected chi connectivity index (χ1v) is 8.60. The van der Waals surface area contributed by atoms with Gasteiger partial charge in [-0.2, -0.15) is 11.3 Å². The third-order valence-electron chi connectivity index (χ3n) is 3.41. The van der Waals surface area contributed by atoms with E-state index in [1.165, 1.54) is 0 Å². The number of hydrogen-bond donors (Lipinski definition) is 2. The molecule has 0 spiro atoms. The van der Waals surface area contributed by atoms with Crippen molar-refractivity contribution in [3.63, 3.8) is 0 Å². The maximum absolute atomic E-state index is 11.9. The minimum absolute atomic E-state index is 0.0565. The maximum atomic E-state index is 11.9. The molecule has 0 saturated carbocycles. The number of carbonyl (C=O) groups is 1.